The first-order valence-electron chi connectivity index (χ1n) is 8.07. The van der Waals surface area contributed by atoms with Gasteiger partial charge in [0.15, 0.2) is 0 Å². The van der Waals surface area contributed by atoms with Crippen molar-refractivity contribution in [1.82, 2.24) is 15.1 Å². The average molecular weight is 299 g/mol. The Bertz CT molecular complexity index is 330. The molecule has 21 heavy (non-hydrogen) atoms. The zero-order valence-corrected chi connectivity index (χ0v) is 13.3. The third kappa shape index (κ3) is 6.33. The summed E-state index contributed by atoms with van der Waals surface area (Å²) < 4.78 is 0. The summed E-state index contributed by atoms with van der Waals surface area (Å²) in [5, 5.41) is 11.9. The summed E-state index contributed by atoms with van der Waals surface area (Å²) in [6, 6.07) is -0.157. The Morgan fingerprint density at radius 2 is 1.86 bits per heavy atom. The van der Waals surface area contributed by atoms with E-state index < -0.39 is 5.97 Å². The molecular weight excluding hydrogens is 270 g/mol. The summed E-state index contributed by atoms with van der Waals surface area (Å²) in [5.74, 6) is -0.946. The van der Waals surface area contributed by atoms with E-state index in [2.05, 4.69) is 24.1 Å². The minimum Gasteiger partial charge on any atom is -0.480 e. The maximum Gasteiger partial charge on any atom is 0.323 e. The van der Waals surface area contributed by atoms with Crippen LogP contribution < -0.4 is 5.32 Å². The van der Waals surface area contributed by atoms with Gasteiger partial charge in [0, 0.05) is 19.1 Å². The number of amides is 2. The van der Waals surface area contributed by atoms with Crippen molar-refractivity contribution in [2.75, 3.05) is 32.7 Å². The molecule has 0 aromatic heterocycles. The van der Waals surface area contributed by atoms with Crippen LogP contribution in [0.15, 0.2) is 0 Å². The third-order valence-corrected chi connectivity index (χ3v) is 4.02. The highest BCUT2D eigenvalue weighted by atomic mass is 16.4. The maximum atomic E-state index is 12.2. The Hall–Kier alpha value is -1.30. The van der Waals surface area contributed by atoms with Crippen LogP contribution in [0.25, 0.3) is 0 Å². The van der Waals surface area contributed by atoms with Gasteiger partial charge in [0.25, 0.3) is 0 Å². The molecule has 0 heterocycles. The van der Waals surface area contributed by atoms with Crippen LogP contribution in [0.5, 0.6) is 0 Å². The number of carbonyl (C=O) groups is 2. The zero-order valence-electron chi connectivity index (χ0n) is 13.3. The molecule has 122 valence electrons. The Morgan fingerprint density at radius 1 is 1.19 bits per heavy atom. The van der Waals surface area contributed by atoms with E-state index in [1.807, 2.05) is 0 Å². The van der Waals surface area contributed by atoms with Crippen LogP contribution in [0, 0.1) is 0 Å². The number of carboxylic acid groups (broad SMARTS) is 1. The Labute approximate surface area is 127 Å². The first-order chi connectivity index (χ1) is 10.1. The maximum absolute atomic E-state index is 12.2. The average Bonchev–Trinajstić information content (AvgIpc) is 2.97. The summed E-state index contributed by atoms with van der Waals surface area (Å²) in [4.78, 5) is 26.9. The van der Waals surface area contributed by atoms with E-state index in [-0.39, 0.29) is 18.6 Å². The number of nitrogens with one attached hydrogen (secondary N) is 1. The standard InChI is InChI=1S/C15H29N3O3/c1-3-10-17(4-2)11-9-16-15(21)18(12-14(19)20)13-7-5-6-8-13/h13H,3-12H2,1-2H3,(H,16,21)(H,19,20). The van der Waals surface area contributed by atoms with Gasteiger partial charge in [-0.25, -0.2) is 4.79 Å². The van der Waals surface area contributed by atoms with E-state index in [0.29, 0.717) is 6.54 Å². The van der Waals surface area contributed by atoms with E-state index in [9.17, 15) is 9.59 Å². The summed E-state index contributed by atoms with van der Waals surface area (Å²) >= 11 is 0. The quantitative estimate of drug-likeness (QED) is 0.680. The van der Waals surface area contributed by atoms with Crippen molar-refractivity contribution < 1.29 is 14.7 Å². The number of carboxylic acids is 1. The molecule has 0 aliphatic heterocycles. The van der Waals surface area contributed by atoms with Gasteiger partial charge in [-0.15, -0.1) is 0 Å². The van der Waals surface area contributed by atoms with E-state index in [1.165, 1.54) is 4.90 Å². The first kappa shape index (κ1) is 17.8. The fraction of sp³-hybridized carbons (Fsp3) is 0.867. The second-order valence-electron chi connectivity index (χ2n) is 5.63. The first-order valence-corrected chi connectivity index (χ1v) is 8.07. The van der Waals surface area contributed by atoms with Crippen molar-refractivity contribution >= 4 is 12.0 Å². The van der Waals surface area contributed by atoms with Gasteiger partial charge in [-0.2, -0.15) is 0 Å². The van der Waals surface area contributed by atoms with Gasteiger partial charge in [0.2, 0.25) is 0 Å². The minimum absolute atomic E-state index is 0.0824. The molecule has 1 aliphatic rings. The summed E-state index contributed by atoms with van der Waals surface area (Å²) in [7, 11) is 0. The van der Waals surface area contributed by atoms with E-state index in [4.69, 9.17) is 5.11 Å². The second kappa shape index (κ2) is 9.60. The fourth-order valence-corrected chi connectivity index (χ4v) is 2.90. The molecule has 1 fully saturated rings. The predicted molar refractivity (Wildman–Crippen MR) is 82.4 cm³/mol. The number of carbonyl (C=O) groups excluding carboxylic acids is 1. The van der Waals surface area contributed by atoms with Crippen molar-refractivity contribution in [2.45, 2.75) is 52.0 Å². The molecule has 1 saturated carbocycles. The molecule has 2 N–H and O–H groups in total. The molecule has 1 rings (SSSR count). The molecule has 0 spiro atoms. The lowest BCUT2D eigenvalue weighted by atomic mass is 10.2. The number of rotatable bonds is 9. The molecule has 0 aromatic rings. The van der Waals surface area contributed by atoms with E-state index >= 15 is 0 Å². The third-order valence-electron chi connectivity index (χ3n) is 4.02. The molecule has 2 amide bonds. The lowest BCUT2D eigenvalue weighted by Crippen LogP contribution is -2.49. The van der Waals surface area contributed by atoms with Crippen LogP contribution in [0.3, 0.4) is 0 Å². The summed E-state index contributed by atoms with van der Waals surface area (Å²) in [5.41, 5.74) is 0. The predicted octanol–water partition coefficient (Wildman–Crippen LogP) is 1.76. The number of nitrogens with zero attached hydrogens (tertiary/aromatic N) is 2. The van der Waals surface area contributed by atoms with Gasteiger partial charge in [0.05, 0.1) is 0 Å². The van der Waals surface area contributed by atoms with Crippen LogP contribution in [0.1, 0.15) is 46.0 Å². The SMILES string of the molecule is CCCN(CC)CCNC(=O)N(CC(=O)O)C1CCCC1. The molecule has 0 atom stereocenters. The molecule has 0 unspecified atom stereocenters. The molecular formula is C15H29N3O3. The monoisotopic (exact) mass is 299 g/mol. The topological polar surface area (TPSA) is 72.9 Å². The van der Waals surface area contributed by atoms with Crippen molar-refractivity contribution in [3.05, 3.63) is 0 Å². The number of hydrogen-bond acceptors (Lipinski definition) is 3. The van der Waals surface area contributed by atoms with Crippen molar-refractivity contribution in [3.8, 4) is 0 Å². The number of hydrogen-bond donors (Lipinski definition) is 2. The van der Waals surface area contributed by atoms with E-state index in [0.717, 1.165) is 51.7 Å². The zero-order chi connectivity index (χ0) is 15.7. The van der Waals surface area contributed by atoms with Crippen LogP contribution in [0.2, 0.25) is 0 Å². The van der Waals surface area contributed by atoms with Crippen LogP contribution >= 0.6 is 0 Å². The van der Waals surface area contributed by atoms with Crippen LogP contribution in [-0.2, 0) is 4.79 Å². The lowest BCUT2D eigenvalue weighted by molar-refractivity contribution is -0.138. The van der Waals surface area contributed by atoms with Crippen molar-refractivity contribution in [2.24, 2.45) is 0 Å². The number of urea groups is 1. The molecule has 0 radical (unpaired) electrons. The van der Waals surface area contributed by atoms with Gasteiger partial charge >= 0.3 is 12.0 Å². The normalized spacial score (nSPS) is 15.4. The number of likely N-dealkylation sites (N-methyl/N-ethyl adjacent to an activating group) is 1. The van der Waals surface area contributed by atoms with Gasteiger partial charge in [-0.1, -0.05) is 26.7 Å². The van der Waals surface area contributed by atoms with Crippen LogP contribution in [-0.4, -0.2) is 65.7 Å². The van der Waals surface area contributed by atoms with Crippen molar-refractivity contribution in [1.29, 1.82) is 0 Å². The smallest absolute Gasteiger partial charge is 0.323 e. The summed E-state index contributed by atoms with van der Waals surface area (Å²) in [6.07, 6.45) is 5.08. The van der Waals surface area contributed by atoms with Gasteiger partial charge in [-0.3, -0.25) is 4.79 Å². The van der Waals surface area contributed by atoms with Crippen molar-refractivity contribution in [3.63, 3.8) is 0 Å². The van der Waals surface area contributed by atoms with E-state index in [1.54, 1.807) is 0 Å². The number of aliphatic carboxylic acids is 1. The molecule has 6 nitrogen and oxygen atoms in total. The minimum atomic E-state index is -0.946. The van der Waals surface area contributed by atoms with Gasteiger partial charge in [-0.05, 0) is 32.4 Å². The molecule has 0 bridgehead atoms. The highest BCUT2D eigenvalue weighted by Crippen LogP contribution is 2.23. The molecule has 1 aliphatic carbocycles. The molecule has 0 aromatic carbocycles. The summed E-state index contributed by atoms with van der Waals surface area (Å²) in [6.45, 7) is 7.39. The molecule has 6 heteroatoms. The largest absolute Gasteiger partial charge is 0.480 e. The lowest BCUT2D eigenvalue weighted by Gasteiger charge is -2.28. The highest BCUT2D eigenvalue weighted by molar-refractivity contribution is 5.80. The second-order valence-corrected chi connectivity index (χ2v) is 5.63. The van der Waals surface area contributed by atoms with Gasteiger partial charge in [0.1, 0.15) is 6.54 Å². The van der Waals surface area contributed by atoms with Gasteiger partial charge < -0.3 is 20.2 Å². The fourth-order valence-electron chi connectivity index (χ4n) is 2.90. The highest BCUT2D eigenvalue weighted by Gasteiger charge is 2.28. The molecule has 0 saturated heterocycles. The Kier molecular flexibility index (Phi) is 8.12. The Balaban J connectivity index is 2.42. The Morgan fingerprint density at radius 3 is 2.38 bits per heavy atom. The van der Waals surface area contributed by atoms with Crippen LogP contribution in [0.4, 0.5) is 4.79 Å².